The summed E-state index contributed by atoms with van der Waals surface area (Å²) in [6, 6.07) is 19.1. The van der Waals surface area contributed by atoms with Gasteiger partial charge in [0.05, 0.1) is 10.0 Å². The van der Waals surface area contributed by atoms with Gasteiger partial charge in [-0.15, -0.1) is 0 Å². The van der Waals surface area contributed by atoms with E-state index in [0.717, 1.165) is 42.0 Å². The second kappa shape index (κ2) is 10.4. The lowest BCUT2D eigenvalue weighted by Gasteiger charge is -2.10. The Labute approximate surface area is 185 Å². The van der Waals surface area contributed by atoms with Gasteiger partial charge in [-0.3, -0.25) is 0 Å². The standard InChI is InChI=1S/C22H19Cl4NO/c23-18-6-5-17(21(25)12-18)8-9-27-13-15-2-1-3-19(10-15)28-14-16-4-7-20(24)22(26)11-16/h1-7,10-12,27H,8-9,13-14H2. The van der Waals surface area contributed by atoms with Gasteiger partial charge in [0, 0.05) is 16.6 Å². The molecule has 28 heavy (non-hydrogen) atoms. The van der Waals surface area contributed by atoms with Crippen LogP contribution in [-0.4, -0.2) is 6.54 Å². The van der Waals surface area contributed by atoms with Gasteiger partial charge in [-0.2, -0.15) is 0 Å². The molecule has 0 amide bonds. The largest absolute Gasteiger partial charge is 0.489 e. The van der Waals surface area contributed by atoms with Crippen molar-refractivity contribution < 1.29 is 4.74 Å². The van der Waals surface area contributed by atoms with Crippen LogP contribution in [0.3, 0.4) is 0 Å². The van der Waals surface area contributed by atoms with Crippen LogP contribution in [0.25, 0.3) is 0 Å². The Hall–Kier alpha value is -1.42. The van der Waals surface area contributed by atoms with Crippen LogP contribution in [-0.2, 0) is 19.6 Å². The summed E-state index contributed by atoms with van der Waals surface area (Å²) < 4.78 is 5.87. The van der Waals surface area contributed by atoms with Crippen LogP contribution in [0.1, 0.15) is 16.7 Å². The number of halogens is 4. The minimum Gasteiger partial charge on any atom is -0.489 e. The maximum atomic E-state index is 6.21. The lowest BCUT2D eigenvalue weighted by Crippen LogP contribution is -2.16. The molecule has 2 nitrogen and oxygen atoms in total. The summed E-state index contributed by atoms with van der Waals surface area (Å²) in [6.07, 6.45) is 0.837. The number of ether oxygens (including phenoxy) is 1. The van der Waals surface area contributed by atoms with E-state index in [4.69, 9.17) is 51.1 Å². The second-order valence-electron chi connectivity index (χ2n) is 6.35. The molecular weight excluding hydrogens is 436 g/mol. The molecule has 0 heterocycles. The molecule has 3 aromatic carbocycles. The van der Waals surface area contributed by atoms with E-state index in [9.17, 15) is 0 Å². The monoisotopic (exact) mass is 453 g/mol. The van der Waals surface area contributed by atoms with E-state index in [0.29, 0.717) is 26.7 Å². The fraction of sp³-hybridized carbons (Fsp3) is 0.182. The topological polar surface area (TPSA) is 21.3 Å². The van der Waals surface area contributed by atoms with Gasteiger partial charge >= 0.3 is 0 Å². The van der Waals surface area contributed by atoms with Crippen molar-refractivity contribution in [2.24, 2.45) is 0 Å². The number of benzene rings is 3. The first-order chi connectivity index (χ1) is 13.5. The molecule has 0 saturated heterocycles. The third kappa shape index (κ3) is 6.30. The fourth-order valence-electron chi connectivity index (χ4n) is 2.72. The molecule has 0 aliphatic carbocycles. The SMILES string of the molecule is Clc1ccc(CCNCc2cccc(OCc3ccc(Cl)c(Cl)c3)c2)c(Cl)c1. The number of hydrogen-bond acceptors (Lipinski definition) is 2. The van der Waals surface area contributed by atoms with Gasteiger partial charge in [0.25, 0.3) is 0 Å². The first-order valence-corrected chi connectivity index (χ1v) is 10.3. The minimum absolute atomic E-state index is 0.433. The molecule has 3 aromatic rings. The van der Waals surface area contributed by atoms with Crippen molar-refractivity contribution in [2.45, 2.75) is 19.6 Å². The van der Waals surface area contributed by atoms with Crippen molar-refractivity contribution in [1.29, 1.82) is 0 Å². The zero-order chi connectivity index (χ0) is 19.9. The summed E-state index contributed by atoms with van der Waals surface area (Å²) in [5, 5.41) is 5.85. The third-order valence-corrected chi connectivity index (χ3v) is 5.53. The Bertz CT molecular complexity index is 946. The predicted molar refractivity (Wildman–Crippen MR) is 119 cm³/mol. The van der Waals surface area contributed by atoms with Crippen LogP contribution in [0, 0.1) is 0 Å². The van der Waals surface area contributed by atoms with E-state index < -0.39 is 0 Å². The van der Waals surface area contributed by atoms with Crippen molar-refractivity contribution in [3.8, 4) is 5.75 Å². The maximum absolute atomic E-state index is 6.21. The van der Waals surface area contributed by atoms with Crippen molar-refractivity contribution >= 4 is 46.4 Å². The highest BCUT2D eigenvalue weighted by molar-refractivity contribution is 6.42. The van der Waals surface area contributed by atoms with Crippen molar-refractivity contribution in [3.63, 3.8) is 0 Å². The molecule has 6 heteroatoms. The fourth-order valence-corrected chi connectivity index (χ4v) is 3.55. The molecule has 0 aliphatic rings. The first kappa shape index (κ1) is 21.3. The molecule has 0 saturated carbocycles. The highest BCUT2D eigenvalue weighted by Gasteiger charge is 2.03. The van der Waals surface area contributed by atoms with E-state index in [1.54, 1.807) is 12.1 Å². The molecule has 0 fully saturated rings. The van der Waals surface area contributed by atoms with Gasteiger partial charge in [0.2, 0.25) is 0 Å². The van der Waals surface area contributed by atoms with Crippen molar-refractivity contribution in [3.05, 3.63) is 97.4 Å². The molecular formula is C22H19Cl4NO. The zero-order valence-corrected chi connectivity index (χ0v) is 18.0. The lowest BCUT2D eigenvalue weighted by atomic mass is 10.1. The molecule has 0 unspecified atom stereocenters. The van der Waals surface area contributed by atoms with Gasteiger partial charge in [0.1, 0.15) is 12.4 Å². The van der Waals surface area contributed by atoms with Gasteiger partial charge in [-0.1, -0.05) is 70.7 Å². The molecule has 0 atom stereocenters. The molecule has 146 valence electrons. The van der Waals surface area contributed by atoms with Gasteiger partial charge < -0.3 is 10.1 Å². The van der Waals surface area contributed by atoms with Gasteiger partial charge in [-0.05, 0) is 66.1 Å². The number of hydrogen-bond donors (Lipinski definition) is 1. The van der Waals surface area contributed by atoms with Crippen molar-refractivity contribution in [1.82, 2.24) is 5.32 Å². The Kier molecular flexibility index (Phi) is 7.90. The summed E-state index contributed by atoms with van der Waals surface area (Å²) >= 11 is 24.1. The molecule has 3 rings (SSSR count). The Morgan fingerprint density at radius 3 is 2.39 bits per heavy atom. The molecule has 0 radical (unpaired) electrons. The van der Waals surface area contributed by atoms with E-state index >= 15 is 0 Å². The Morgan fingerprint density at radius 2 is 1.61 bits per heavy atom. The summed E-state index contributed by atoms with van der Waals surface area (Å²) in [7, 11) is 0. The number of nitrogens with one attached hydrogen (secondary N) is 1. The van der Waals surface area contributed by atoms with Crippen LogP contribution in [0.2, 0.25) is 20.1 Å². The zero-order valence-electron chi connectivity index (χ0n) is 15.0. The molecule has 0 spiro atoms. The van der Waals surface area contributed by atoms with E-state index in [2.05, 4.69) is 11.4 Å². The summed E-state index contributed by atoms with van der Waals surface area (Å²) in [5.74, 6) is 0.811. The van der Waals surface area contributed by atoms with Crippen LogP contribution in [0.15, 0.2) is 60.7 Å². The summed E-state index contributed by atoms with van der Waals surface area (Å²) in [5.41, 5.74) is 3.20. The van der Waals surface area contributed by atoms with Crippen LogP contribution < -0.4 is 10.1 Å². The summed E-state index contributed by atoms with van der Waals surface area (Å²) in [4.78, 5) is 0. The van der Waals surface area contributed by atoms with Crippen LogP contribution in [0.4, 0.5) is 0 Å². The van der Waals surface area contributed by atoms with E-state index in [1.165, 1.54) is 0 Å². The highest BCUT2D eigenvalue weighted by Crippen LogP contribution is 2.24. The molecule has 0 aromatic heterocycles. The lowest BCUT2D eigenvalue weighted by molar-refractivity contribution is 0.306. The van der Waals surface area contributed by atoms with Crippen LogP contribution >= 0.6 is 46.4 Å². The van der Waals surface area contributed by atoms with Crippen LogP contribution in [0.5, 0.6) is 5.75 Å². The average molecular weight is 455 g/mol. The normalized spacial score (nSPS) is 10.9. The highest BCUT2D eigenvalue weighted by atomic mass is 35.5. The Morgan fingerprint density at radius 1 is 0.750 bits per heavy atom. The average Bonchev–Trinajstić information content (AvgIpc) is 2.68. The van der Waals surface area contributed by atoms with E-state index in [-0.39, 0.29) is 0 Å². The first-order valence-electron chi connectivity index (χ1n) is 8.81. The quantitative estimate of drug-likeness (QED) is 0.363. The molecule has 0 aliphatic heterocycles. The van der Waals surface area contributed by atoms with Crippen molar-refractivity contribution in [2.75, 3.05) is 6.54 Å². The maximum Gasteiger partial charge on any atom is 0.120 e. The predicted octanol–water partition coefficient (Wildman–Crippen LogP) is 7.21. The second-order valence-corrected chi connectivity index (χ2v) is 8.01. The van der Waals surface area contributed by atoms with E-state index in [1.807, 2.05) is 42.5 Å². The Balaban J connectivity index is 1.48. The molecule has 1 N–H and O–H groups in total. The summed E-state index contributed by atoms with van der Waals surface area (Å²) in [6.45, 7) is 1.99. The van der Waals surface area contributed by atoms with Gasteiger partial charge in [-0.25, -0.2) is 0 Å². The molecule has 0 bridgehead atoms. The smallest absolute Gasteiger partial charge is 0.120 e. The number of rotatable bonds is 8. The van der Waals surface area contributed by atoms with Gasteiger partial charge in [0.15, 0.2) is 0 Å². The third-order valence-electron chi connectivity index (χ3n) is 4.20. The minimum atomic E-state index is 0.433.